The summed E-state index contributed by atoms with van der Waals surface area (Å²) in [4.78, 5) is 20.0. The minimum atomic E-state index is -0.608. The van der Waals surface area contributed by atoms with Crippen LogP contribution in [0.1, 0.15) is 5.56 Å². The first-order valence-electron chi connectivity index (χ1n) is 7.30. The van der Waals surface area contributed by atoms with Crippen LogP contribution in [0.2, 0.25) is 0 Å². The third kappa shape index (κ3) is 3.86. The lowest BCUT2D eigenvalue weighted by Gasteiger charge is -2.07. The molecule has 6 heteroatoms. The molecule has 0 aliphatic carbocycles. The van der Waals surface area contributed by atoms with Gasteiger partial charge in [0.05, 0.1) is 18.1 Å². The van der Waals surface area contributed by atoms with Gasteiger partial charge in [-0.25, -0.2) is 9.78 Å². The number of hydrogen-bond acceptors (Lipinski definition) is 5. The largest absolute Gasteiger partial charge is 0.507 e. The highest BCUT2D eigenvalue weighted by Crippen LogP contribution is 2.26. The van der Waals surface area contributed by atoms with E-state index in [0.717, 1.165) is 5.56 Å². The van der Waals surface area contributed by atoms with E-state index in [1.807, 2.05) is 30.3 Å². The van der Waals surface area contributed by atoms with E-state index in [-0.39, 0.29) is 18.2 Å². The monoisotopic (exact) mass is 321 g/mol. The first-order valence-corrected chi connectivity index (χ1v) is 7.30. The molecule has 0 saturated carbocycles. The fourth-order valence-electron chi connectivity index (χ4n) is 2.09. The lowest BCUT2D eigenvalue weighted by Crippen LogP contribution is -2.14. The van der Waals surface area contributed by atoms with Gasteiger partial charge in [-0.2, -0.15) is 0 Å². The SMILES string of the molecule is O=C(Nc1cnc(-c2ccccc2O)cn1)OCc1ccccc1. The number of nitrogens with one attached hydrogen (secondary N) is 1. The summed E-state index contributed by atoms with van der Waals surface area (Å²) in [5.41, 5.74) is 1.98. The molecule has 24 heavy (non-hydrogen) atoms. The number of aromatic nitrogens is 2. The number of anilines is 1. The van der Waals surface area contributed by atoms with E-state index in [2.05, 4.69) is 15.3 Å². The van der Waals surface area contributed by atoms with Gasteiger partial charge in [0.2, 0.25) is 0 Å². The summed E-state index contributed by atoms with van der Waals surface area (Å²) in [6.07, 6.45) is 2.27. The topological polar surface area (TPSA) is 84.3 Å². The highest BCUT2D eigenvalue weighted by Gasteiger charge is 2.08. The first kappa shape index (κ1) is 15.5. The standard InChI is InChI=1S/C18H15N3O3/c22-16-9-5-4-8-14(16)15-10-20-17(11-19-15)21-18(23)24-12-13-6-2-1-3-7-13/h1-11,22H,12H2,(H,20,21,23). The van der Waals surface area contributed by atoms with Crippen molar-refractivity contribution in [1.29, 1.82) is 0 Å². The lowest BCUT2D eigenvalue weighted by molar-refractivity contribution is 0.155. The zero-order valence-corrected chi connectivity index (χ0v) is 12.7. The molecule has 0 fully saturated rings. The van der Waals surface area contributed by atoms with Crippen LogP contribution >= 0.6 is 0 Å². The molecular formula is C18H15N3O3. The van der Waals surface area contributed by atoms with Gasteiger partial charge in [0, 0.05) is 5.56 Å². The van der Waals surface area contributed by atoms with E-state index in [0.29, 0.717) is 11.3 Å². The molecule has 0 aliphatic rings. The number of phenolic OH excluding ortho intramolecular Hbond substituents is 1. The maximum Gasteiger partial charge on any atom is 0.413 e. The van der Waals surface area contributed by atoms with E-state index in [1.54, 1.807) is 24.3 Å². The Labute approximate surface area is 138 Å². The van der Waals surface area contributed by atoms with E-state index in [1.165, 1.54) is 12.4 Å². The van der Waals surface area contributed by atoms with Crippen molar-refractivity contribution < 1.29 is 14.6 Å². The Kier molecular flexibility index (Phi) is 4.67. The molecule has 1 aromatic heterocycles. The predicted octanol–water partition coefficient (Wildman–Crippen LogP) is 3.60. The van der Waals surface area contributed by atoms with Crippen molar-refractivity contribution in [3.8, 4) is 17.0 Å². The second-order valence-electron chi connectivity index (χ2n) is 4.99. The van der Waals surface area contributed by atoms with Crippen molar-refractivity contribution in [2.24, 2.45) is 0 Å². The molecule has 0 atom stereocenters. The Bertz CT molecular complexity index is 820. The number of nitrogens with zero attached hydrogens (tertiary/aromatic N) is 2. The molecule has 0 spiro atoms. The maximum atomic E-state index is 11.8. The van der Waals surface area contributed by atoms with Crippen LogP contribution in [0.5, 0.6) is 5.75 Å². The third-order valence-electron chi connectivity index (χ3n) is 3.27. The summed E-state index contributed by atoms with van der Waals surface area (Å²) >= 11 is 0. The molecule has 2 aromatic carbocycles. The Morgan fingerprint density at radius 2 is 1.75 bits per heavy atom. The molecule has 3 aromatic rings. The molecule has 6 nitrogen and oxygen atoms in total. The van der Waals surface area contributed by atoms with Gasteiger partial charge in [-0.3, -0.25) is 10.3 Å². The van der Waals surface area contributed by atoms with Crippen molar-refractivity contribution in [2.75, 3.05) is 5.32 Å². The summed E-state index contributed by atoms with van der Waals surface area (Å²) in [5, 5.41) is 12.3. The quantitative estimate of drug-likeness (QED) is 0.767. The Balaban J connectivity index is 1.60. The normalized spacial score (nSPS) is 10.2. The number of phenols is 1. The molecule has 3 rings (SSSR count). The fraction of sp³-hybridized carbons (Fsp3) is 0.0556. The molecule has 2 N–H and O–H groups in total. The Morgan fingerprint density at radius 1 is 1.00 bits per heavy atom. The van der Waals surface area contributed by atoms with Crippen LogP contribution in [0, 0.1) is 0 Å². The minimum Gasteiger partial charge on any atom is -0.507 e. The average molecular weight is 321 g/mol. The van der Waals surface area contributed by atoms with E-state index in [4.69, 9.17) is 4.74 Å². The number of aromatic hydroxyl groups is 1. The number of hydrogen-bond donors (Lipinski definition) is 2. The van der Waals surface area contributed by atoms with E-state index >= 15 is 0 Å². The number of amides is 1. The Hall–Kier alpha value is -3.41. The number of rotatable bonds is 4. The number of carbonyl (C=O) groups is 1. The van der Waals surface area contributed by atoms with Gasteiger partial charge in [-0.05, 0) is 17.7 Å². The number of carbonyl (C=O) groups excluding carboxylic acids is 1. The van der Waals surface area contributed by atoms with Crippen molar-refractivity contribution in [2.45, 2.75) is 6.61 Å². The third-order valence-corrected chi connectivity index (χ3v) is 3.27. The van der Waals surface area contributed by atoms with Gasteiger partial charge in [0.15, 0.2) is 5.82 Å². The van der Waals surface area contributed by atoms with Crippen LogP contribution in [-0.2, 0) is 11.3 Å². The molecule has 1 amide bonds. The van der Waals surface area contributed by atoms with Gasteiger partial charge in [0.1, 0.15) is 12.4 Å². The summed E-state index contributed by atoms with van der Waals surface area (Å²) in [6, 6.07) is 16.2. The lowest BCUT2D eigenvalue weighted by atomic mass is 10.1. The zero-order valence-electron chi connectivity index (χ0n) is 12.7. The summed E-state index contributed by atoms with van der Waals surface area (Å²) in [5.74, 6) is 0.391. The van der Waals surface area contributed by atoms with Crippen LogP contribution < -0.4 is 5.32 Å². The number of para-hydroxylation sites is 1. The van der Waals surface area contributed by atoms with Crippen molar-refractivity contribution >= 4 is 11.9 Å². The summed E-state index contributed by atoms with van der Waals surface area (Å²) in [7, 11) is 0. The van der Waals surface area contributed by atoms with E-state index < -0.39 is 6.09 Å². The van der Waals surface area contributed by atoms with Crippen LogP contribution in [0.3, 0.4) is 0 Å². The molecular weight excluding hydrogens is 306 g/mol. The van der Waals surface area contributed by atoms with Crippen molar-refractivity contribution in [1.82, 2.24) is 9.97 Å². The average Bonchev–Trinajstić information content (AvgIpc) is 2.62. The highest BCUT2D eigenvalue weighted by atomic mass is 16.5. The van der Waals surface area contributed by atoms with E-state index in [9.17, 15) is 9.90 Å². The smallest absolute Gasteiger partial charge is 0.413 e. The number of ether oxygens (including phenoxy) is 1. The molecule has 120 valence electrons. The van der Waals surface area contributed by atoms with Gasteiger partial charge in [0.25, 0.3) is 0 Å². The van der Waals surface area contributed by atoms with Crippen molar-refractivity contribution in [3.05, 3.63) is 72.6 Å². The summed E-state index contributed by atoms with van der Waals surface area (Å²) in [6.45, 7) is 0.177. The first-order chi connectivity index (χ1) is 11.7. The second-order valence-corrected chi connectivity index (χ2v) is 4.99. The number of benzene rings is 2. The molecule has 1 heterocycles. The minimum absolute atomic E-state index is 0.120. The fourth-order valence-corrected chi connectivity index (χ4v) is 2.09. The maximum absolute atomic E-state index is 11.8. The molecule has 0 unspecified atom stereocenters. The van der Waals surface area contributed by atoms with Gasteiger partial charge >= 0.3 is 6.09 Å². The van der Waals surface area contributed by atoms with Crippen molar-refractivity contribution in [3.63, 3.8) is 0 Å². The highest BCUT2D eigenvalue weighted by molar-refractivity contribution is 5.83. The van der Waals surface area contributed by atoms with Crippen LogP contribution in [0.4, 0.5) is 10.6 Å². The van der Waals surface area contributed by atoms with Gasteiger partial charge in [-0.15, -0.1) is 0 Å². The van der Waals surface area contributed by atoms with Crippen LogP contribution in [0.25, 0.3) is 11.3 Å². The van der Waals surface area contributed by atoms with Crippen LogP contribution in [-0.4, -0.2) is 21.2 Å². The molecule has 0 bridgehead atoms. The van der Waals surface area contributed by atoms with Gasteiger partial charge in [-0.1, -0.05) is 42.5 Å². The molecule has 0 aliphatic heterocycles. The predicted molar refractivity (Wildman–Crippen MR) is 89.4 cm³/mol. The van der Waals surface area contributed by atoms with Gasteiger partial charge < -0.3 is 9.84 Å². The second kappa shape index (κ2) is 7.23. The zero-order chi connectivity index (χ0) is 16.8. The van der Waals surface area contributed by atoms with Crippen LogP contribution in [0.15, 0.2) is 67.0 Å². The molecule has 0 saturated heterocycles. The molecule has 0 radical (unpaired) electrons. The summed E-state index contributed by atoms with van der Waals surface area (Å²) < 4.78 is 5.11. The Morgan fingerprint density at radius 3 is 2.46 bits per heavy atom.